The van der Waals surface area contributed by atoms with Gasteiger partial charge in [0.2, 0.25) is 5.91 Å². The molecule has 200 valence electrons. The van der Waals surface area contributed by atoms with Gasteiger partial charge in [0.25, 0.3) is 0 Å². The van der Waals surface area contributed by atoms with Crippen LogP contribution in [-0.2, 0) is 17.8 Å². The van der Waals surface area contributed by atoms with Crippen molar-refractivity contribution in [1.82, 2.24) is 10.2 Å². The summed E-state index contributed by atoms with van der Waals surface area (Å²) in [6, 6.07) is 36.5. The van der Waals surface area contributed by atoms with Gasteiger partial charge in [-0.2, -0.15) is 0 Å². The number of piperazine rings is 1. The second-order valence-electron chi connectivity index (χ2n) is 10.3. The van der Waals surface area contributed by atoms with Gasteiger partial charge < -0.3 is 16.2 Å². The van der Waals surface area contributed by atoms with E-state index in [0.29, 0.717) is 25.9 Å². The standard InChI is InChI=1S/C34H37N3O2/c35-22-8-7-13-32-33(38)36-31(23-25-14-18-29(19-15-25)27-9-3-1-4-10-27)34(39)37(32)24-26-16-20-30(21-17-26)28-11-5-2-6-12-28/h1-6,9-12,14-21,31-32,34,39H,7-8,13,22-24,35H2,(H,36,38)/t31-,32-,34?/m0/s1. The number of carbonyl (C=O) groups is 1. The Morgan fingerprint density at radius 3 is 1.74 bits per heavy atom. The van der Waals surface area contributed by atoms with Crippen LogP contribution in [0.25, 0.3) is 22.3 Å². The SMILES string of the molecule is NCCCC[C@H]1C(=O)N[C@@H](Cc2ccc(-c3ccccc3)cc2)C(O)N1Cc1ccc(-c2ccccc2)cc1. The number of nitrogens with zero attached hydrogens (tertiary/aromatic N) is 1. The summed E-state index contributed by atoms with van der Waals surface area (Å²) in [7, 11) is 0. The summed E-state index contributed by atoms with van der Waals surface area (Å²) in [4.78, 5) is 15.3. The smallest absolute Gasteiger partial charge is 0.237 e. The number of nitrogens with one attached hydrogen (secondary N) is 1. The molecule has 1 unspecified atom stereocenters. The van der Waals surface area contributed by atoms with E-state index in [2.05, 4.69) is 78.1 Å². The number of aliphatic hydroxyl groups excluding tert-OH is 1. The van der Waals surface area contributed by atoms with Gasteiger partial charge in [0.1, 0.15) is 6.23 Å². The summed E-state index contributed by atoms with van der Waals surface area (Å²) in [5.41, 5.74) is 12.5. The predicted molar refractivity (Wildman–Crippen MR) is 158 cm³/mol. The molecular formula is C34H37N3O2. The van der Waals surface area contributed by atoms with E-state index >= 15 is 0 Å². The average molecular weight is 520 g/mol. The van der Waals surface area contributed by atoms with Crippen molar-refractivity contribution in [2.45, 2.75) is 50.5 Å². The van der Waals surface area contributed by atoms with E-state index in [9.17, 15) is 9.90 Å². The van der Waals surface area contributed by atoms with Crippen molar-refractivity contribution in [3.63, 3.8) is 0 Å². The van der Waals surface area contributed by atoms with Crippen LogP contribution >= 0.6 is 0 Å². The Bertz CT molecular complexity index is 1320. The second-order valence-corrected chi connectivity index (χ2v) is 10.3. The lowest BCUT2D eigenvalue weighted by Gasteiger charge is -2.43. The van der Waals surface area contributed by atoms with E-state index in [1.165, 1.54) is 11.1 Å². The Hall–Kier alpha value is -3.77. The third-order valence-corrected chi connectivity index (χ3v) is 7.60. The van der Waals surface area contributed by atoms with Crippen LogP contribution < -0.4 is 11.1 Å². The van der Waals surface area contributed by atoms with Crippen molar-refractivity contribution in [2.24, 2.45) is 5.73 Å². The predicted octanol–water partition coefficient (Wildman–Crippen LogP) is 5.38. The highest BCUT2D eigenvalue weighted by atomic mass is 16.3. The molecule has 1 fully saturated rings. The number of hydrogen-bond donors (Lipinski definition) is 3. The molecular weight excluding hydrogens is 482 g/mol. The number of rotatable bonds is 10. The molecule has 0 radical (unpaired) electrons. The summed E-state index contributed by atoms with van der Waals surface area (Å²) < 4.78 is 0. The van der Waals surface area contributed by atoms with Gasteiger partial charge in [-0.25, -0.2) is 0 Å². The summed E-state index contributed by atoms with van der Waals surface area (Å²) >= 11 is 0. The Morgan fingerprint density at radius 1 is 0.692 bits per heavy atom. The van der Waals surface area contributed by atoms with E-state index in [1.807, 2.05) is 41.3 Å². The summed E-state index contributed by atoms with van der Waals surface area (Å²) in [6.07, 6.45) is 2.13. The third kappa shape index (κ3) is 6.63. The molecule has 1 heterocycles. The molecule has 5 heteroatoms. The molecule has 1 amide bonds. The van der Waals surface area contributed by atoms with Gasteiger partial charge in [-0.05, 0) is 59.2 Å². The van der Waals surface area contributed by atoms with Gasteiger partial charge in [0, 0.05) is 6.54 Å². The van der Waals surface area contributed by atoms with Gasteiger partial charge in [-0.3, -0.25) is 9.69 Å². The van der Waals surface area contributed by atoms with Crippen LogP contribution in [0.3, 0.4) is 0 Å². The fraction of sp³-hybridized carbons (Fsp3) is 0.265. The van der Waals surface area contributed by atoms with Crippen molar-refractivity contribution >= 4 is 5.91 Å². The highest BCUT2D eigenvalue weighted by molar-refractivity contribution is 5.83. The molecule has 1 saturated heterocycles. The quantitative estimate of drug-likeness (QED) is 0.246. The van der Waals surface area contributed by atoms with Crippen LogP contribution in [0.1, 0.15) is 30.4 Å². The van der Waals surface area contributed by atoms with Crippen molar-refractivity contribution in [3.05, 3.63) is 120 Å². The normalized spacial score (nSPS) is 19.5. The molecule has 4 aromatic carbocycles. The van der Waals surface area contributed by atoms with Gasteiger partial charge in [-0.1, -0.05) is 116 Å². The van der Waals surface area contributed by atoms with Gasteiger partial charge >= 0.3 is 0 Å². The lowest BCUT2D eigenvalue weighted by atomic mass is 9.95. The third-order valence-electron chi connectivity index (χ3n) is 7.60. The Labute approximate surface area is 231 Å². The first-order chi connectivity index (χ1) is 19.1. The highest BCUT2D eigenvalue weighted by Gasteiger charge is 2.40. The molecule has 5 nitrogen and oxygen atoms in total. The Morgan fingerprint density at radius 2 is 1.21 bits per heavy atom. The number of aliphatic hydroxyl groups is 1. The molecule has 0 bridgehead atoms. The monoisotopic (exact) mass is 519 g/mol. The van der Waals surface area contributed by atoms with Crippen molar-refractivity contribution in [2.75, 3.05) is 6.54 Å². The minimum Gasteiger partial charge on any atom is -0.376 e. The molecule has 0 spiro atoms. The second kappa shape index (κ2) is 12.9. The summed E-state index contributed by atoms with van der Waals surface area (Å²) in [5.74, 6) is -0.0240. The first kappa shape index (κ1) is 26.8. The van der Waals surface area contributed by atoms with E-state index < -0.39 is 18.3 Å². The number of carbonyl (C=O) groups excluding carboxylic acids is 1. The number of amides is 1. The summed E-state index contributed by atoms with van der Waals surface area (Å²) in [6.45, 7) is 1.10. The van der Waals surface area contributed by atoms with Gasteiger partial charge in [0.05, 0.1) is 12.1 Å². The number of hydrogen-bond acceptors (Lipinski definition) is 4. The van der Waals surface area contributed by atoms with Crippen LogP contribution in [0, 0.1) is 0 Å². The summed E-state index contributed by atoms with van der Waals surface area (Å²) in [5, 5.41) is 14.7. The minimum absolute atomic E-state index is 0.0240. The molecule has 0 aliphatic carbocycles. The first-order valence-electron chi connectivity index (χ1n) is 13.9. The van der Waals surface area contributed by atoms with E-state index in [-0.39, 0.29) is 5.91 Å². The number of benzene rings is 4. The lowest BCUT2D eigenvalue weighted by molar-refractivity contribution is -0.147. The fourth-order valence-electron chi connectivity index (χ4n) is 5.42. The zero-order valence-corrected chi connectivity index (χ0v) is 22.2. The van der Waals surface area contributed by atoms with Crippen LogP contribution in [0.5, 0.6) is 0 Å². The first-order valence-corrected chi connectivity index (χ1v) is 13.9. The number of unbranched alkanes of at least 4 members (excludes halogenated alkanes) is 1. The van der Waals surface area contributed by atoms with E-state index in [0.717, 1.165) is 35.1 Å². The van der Waals surface area contributed by atoms with Crippen LogP contribution in [0.15, 0.2) is 109 Å². The fourth-order valence-corrected chi connectivity index (χ4v) is 5.42. The van der Waals surface area contributed by atoms with E-state index in [1.54, 1.807) is 0 Å². The number of nitrogens with two attached hydrogens (primary N) is 1. The van der Waals surface area contributed by atoms with Crippen molar-refractivity contribution in [1.29, 1.82) is 0 Å². The van der Waals surface area contributed by atoms with E-state index in [4.69, 9.17) is 5.73 Å². The maximum Gasteiger partial charge on any atom is 0.237 e. The van der Waals surface area contributed by atoms with Gasteiger partial charge in [0.15, 0.2) is 0 Å². The van der Waals surface area contributed by atoms with Crippen LogP contribution in [0.2, 0.25) is 0 Å². The molecule has 0 aromatic heterocycles. The van der Waals surface area contributed by atoms with Crippen molar-refractivity contribution in [3.8, 4) is 22.3 Å². The molecule has 5 rings (SSSR count). The zero-order valence-electron chi connectivity index (χ0n) is 22.2. The zero-order chi connectivity index (χ0) is 27.0. The maximum absolute atomic E-state index is 13.3. The molecule has 1 aliphatic rings. The van der Waals surface area contributed by atoms with Crippen LogP contribution in [-0.4, -0.2) is 40.8 Å². The molecule has 1 aliphatic heterocycles. The molecule has 0 saturated carbocycles. The molecule has 39 heavy (non-hydrogen) atoms. The molecule has 3 atom stereocenters. The minimum atomic E-state index is -0.798. The Balaban J connectivity index is 1.32. The topological polar surface area (TPSA) is 78.6 Å². The Kier molecular flexibility index (Phi) is 8.84. The van der Waals surface area contributed by atoms with Gasteiger partial charge in [-0.15, -0.1) is 0 Å². The largest absolute Gasteiger partial charge is 0.376 e. The lowest BCUT2D eigenvalue weighted by Crippen LogP contribution is -2.65. The van der Waals surface area contributed by atoms with Crippen LogP contribution in [0.4, 0.5) is 0 Å². The average Bonchev–Trinajstić information content (AvgIpc) is 2.99. The molecule has 4 N–H and O–H groups in total. The maximum atomic E-state index is 13.3. The highest BCUT2D eigenvalue weighted by Crippen LogP contribution is 2.26. The van der Waals surface area contributed by atoms with Crippen molar-refractivity contribution < 1.29 is 9.90 Å². The molecule has 4 aromatic rings.